The Morgan fingerprint density at radius 2 is 2.00 bits per heavy atom. The molecule has 0 radical (unpaired) electrons. The van der Waals surface area contributed by atoms with Crippen LogP contribution >= 0.6 is 11.6 Å². The summed E-state index contributed by atoms with van der Waals surface area (Å²) in [6.45, 7) is 0.231. The number of aromatic hydroxyl groups is 1. The van der Waals surface area contributed by atoms with Crippen LogP contribution in [0.15, 0.2) is 6.07 Å². The van der Waals surface area contributed by atoms with Gasteiger partial charge in [0.05, 0.1) is 5.02 Å². The van der Waals surface area contributed by atoms with Crippen molar-refractivity contribution in [1.29, 1.82) is 0 Å². The highest BCUT2D eigenvalue weighted by Gasteiger charge is 2.15. The SMILES string of the molecule is NCCc1cc(Cl)c(F)c(F)c1O. The van der Waals surface area contributed by atoms with E-state index in [2.05, 4.69) is 0 Å². The van der Waals surface area contributed by atoms with Gasteiger partial charge < -0.3 is 10.8 Å². The lowest BCUT2D eigenvalue weighted by Gasteiger charge is -2.05. The van der Waals surface area contributed by atoms with Crippen molar-refractivity contribution in [3.05, 3.63) is 28.3 Å². The average molecular weight is 208 g/mol. The molecule has 0 bridgehead atoms. The molecule has 0 amide bonds. The molecule has 1 aromatic carbocycles. The summed E-state index contributed by atoms with van der Waals surface area (Å²) in [5, 5.41) is 8.76. The van der Waals surface area contributed by atoms with Gasteiger partial charge in [-0.2, -0.15) is 4.39 Å². The van der Waals surface area contributed by atoms with E-state index in [4.69, 9.17) is 22.4 Å². The maximum Gasteiger partial charge on any atom is 0.202 e. The topological polar surface area (TPSA) is 46.2 Å². The summed E-state index contributed by atoms with van der Waals surface area (Å²) >= 11 is 5.36. The molecular weight excluding hydrogens is 200 g/mol. The number of nitrogens with two attached hydrogens (primary N) is 1. The fourth-order valence-corrected chi connectivity index (χ4v) is 1.20. The van der Waals surface area contributed by atoms with Gasteiger partial charge in [0.1, 0.15) is 0 Å². The predicted octanol–water partition coefficient (Wildman–Crippen LogP) is 1.82. The second-order valence-electron chi connectivity index (χ2n) is 2.53. The minimum absolute atomic E-state index is 0.214. The molecule has 0 aliphatic rings. The normalized spacial score (nSPS) is 10.5. The van der Waals surface area contributed by atoms with Crippen LogP contribution in [0.1, 0.15) is 5.56 Å². The van der Waals surface area contributed by atoms with Crippen molar-refractivity contribution in [3.8, 4) is 5.75 Å². The molecule has 0 heterocycles. The van der Waals surface area contributed by atoms with Crippen LogP contribution in [0.5, 0.6) is 5.75 Å². The average Bonchev–Trinajstić information content (AvgIpc) is 2.11. The molecule has 1 aromatic rings. The largest absolute Gasteiger partial charge is 0.505 e. The third-order valence-electron chi connectivity index (χ3n) is 1.63. The number of halogens is 3. The van der Waals surface area contributed by atoms with E-state index in [0.29, 0.717) is 0 Å². The zero-order valence-corrected chi connectivity index (χ0v) is 7.41. The molecule has 1 rings (SSSR count). The molecule has 0 unspecified atom stereocenters. The van der Waals surface area contributed by atoms with Crippen LogP contribution in [0.25, 0.3) is 0 Å². The third-order valence-corrected chi connectivity index (χ3v) is 1.90. The predicted molar refractivity (Wildman–Crippen MR) is 45.8 cm³/mol. The van der Waals surface area contributed by atoms with Crippen molar-refractivity contribution in [2.45, 2.75) is 6.42 Å². The fourth-order valence-electron chi connectivity index (χ4n) is 0.981. The summed E-state index contributed by atoms with van der Waals surface area (Å²) in [5.41, 5.74) is 5.41. The van der Waals surface area contributed by atoms with Gasteiger partial charge in [0.15, 0.2) is 11.6 Å². The summed E-state index contributed by atoms with van der Waals surface area (Å²) in [6, 6.07) is 1.17. The van der Waals surface area contributed by atoms with Crippen LogP contribution in [0.2, 0.25) is 5.02 Å². The second-order valence-corrected chi connectivity index (χ2v) is 2.94. The Hall–Kier alpha value is -0.870. The van der Waals surface area contributed by atoms with Gasteiger partial charge in [-0.25, -0.2) is 4.39 Å². The molecule has 0 saturated heterocycles. The number of phenolic OH excluding ortho intramolecular Hbond substituents is 1. The molecule has 0 fully saturated rings. The third kappa shape index (κ3) is 1.89. The van der Waals surface area contributed by atoms with E-state index in [1.807, 2.05) is 0 Å². The minimum atomic E-state index is -1.32. The smallest absolute Gasteiger partial charge is 0.202 e. The van der Waals surface area contributed by atoms with Crippen molar-refractivity contribution in [2.75, 3.05) is 6.54 Å². The first kappa shape index (κ1) is 10.2. The molecule has 0 saturated carbocycles. The Kier molecular flexibility index (Phi) is 3.06. The maximum atomic E-state index is 12.8. The van der Waals surface area contributed by atoms with Gasteiger partial charge in [-0.3, -0.25) is 0 Å². The molecule has 0 atom stereocenters. The van der Waals surface area contributed by atoms with Gasteiger partial charge in [-0.15, -0.1) is 0 Å². The lowest BCUT2D eigenvalue weighted by Crippen LogP contribution is -2.04. The summed E-state index contributed by atoms with van der Waals surface area (Å²) in [7, 11) is 0. The number of phenols is 1. The molecule has 72 valence electrons. The Labute approximate surface area is 78.9 Å². The highest BCUT2D eigenvalue weighted by Crippen LogP contribution is 2.29. The zero-order valence-electron chi connectivity index (χ0n) is 6.65. The van der Waals surface area contributed by atoms with Crippen molar-refractivity contribution >= 4 is 11.6 Å². The molecule has 5 heteroatoms. The number of benzene rings is 1. The minimum Gasteiger partial charge on any atom is -0.505 e. The van der Waals surface area contributed by atoms with Crippen LogP contribution in [0.4, 0.5) is 8.78 Å². The molecule has 0 aliphatic carbocycles. The summed E-state index contributed by atoms with van der Waals surface area (Å²) in [5.74, 6) is -3.27. The van der Waals surface area contributed by atoms with E-state index in [9.17, 15) is 8.78 Å². The highest BCUT2D eigenvalue weighted by molar-refractivity contribution is 6.30. The molecule has 0 aliphatic heterocycles. The van der Waals surface area contributed by atoms with Crippen molar-refractivity contribution < 1.29 is 13.9 Å². The second kappa shape index (κ2) is 3.89. The van der Waals surface area contributed by atoms with Crippen LogP contribution in [-0.4, -0.2) is 11.7 Å². The number of hydrogen-bond acceptors (Lipinski definition) is 2. The molecule has 3 N–H and O–H groups in total. The molecule has 13 heavy (non-hydrogen) atoms. The first-order valence-electron chi connectivity index (χ1n) is 3.63. The molecular formula is C8H8ClF2NO. The molecule has 2 nitrogen and oxygen atoms in total. The van der Waals surface area contributed by atoms with Crippen molar-refractivity contribution in [3.63, 3.8) is 0 Å². The number of hydrogen-bond donors (Lipinski definition) is 2. The van der Waals surface area contributed by atoms with Crippen LogP contribution in [0, 0.1) is 11.6 Å². The van der Waals surface area contributed by atoms with Gasteiger partial charge in [-0.1, -0.05) is 11.6 Å². The molecule has 0 aromatic heterocycles. The van der Waals surface area contributed by atoms with E-state index in [1.54, 1.807) is 0 Å². The maximum absolute atomic E-state index is 12.8. The van der Waals surface area contributed by atoms with Gasteiger partial charge >= 0.3 is 0 Å². The van der Waals surface area contributed by atoms with E-state index < -0.39 is 17.4 Å². The van der Waals surface area contributed by atoms with Crippen molar-refractivity contribution in [1.82, 2.24) is 0 Å². The molecule has 0 spiro atoms. The zero-order chi connectivity index (χ0) is 10.0. The number of rotatable bonds is 2. The van der Waals surface area contributed by atoms with Gasteiger partial charge in [0.2, 0.25) is 5.82 Å². The highest BCUT2D eigenvalue weighted by atomic mass is 35.5. The van der Waals surface area contributed by atoms with Crippen LogP contribution in [-0.2, 0) is 6.42 Å². The van der Waals surface area contributed by atoms with Crippen LogP contribution < -0.4 is 5.73 Å². The van der Waals surface area contributed by atoms with E-state index >= 15 is 0 Å². The van der Waals surface area contributed by atoms with Crippen LogP contribution in [0.3, 0.4) is 0 Å². The monoisotopic (exact) mass is 207 g/mol. The van der Waals surface area contributed by atoms with Gasteiger partial charge in [-0.05, 0) is 24.6 Å². The fraction of sp³-hybridized carbons (Fsp3) is 0.250. The standard InChI is InChI=1S/C8H8ClF2NO/c9-5-3-4(1-2-12)8(13)7(11)6(5)10/h3,13H,1-2,12H2. The Bertz CT molecular complexity index is 330. The van der Waals surface area contributed by atoms with E-state index in [-0.39, 0.29) is 23.6 Å². The van der Waals surface area contributed by atoms with Gasteiger partial charge in [0.25, 0.3) is 0 Å². The van der Waals surface area contributed by atoms with Crippen molar-refractivity contribution in [2.24, 2.45) is 5.73 Å². The van der Waals surface area contributed by atoms with E-state index in [1.165, 1.54) is 6.07 Å². The summed E-state index contributed by atoms with van der Waals surface area (Å²) in [6.07, 6.45) is 0.253. The lowest BCUT2D eigenvalue weighted by atomic mass is 10.1. The van der Waals surface area contributed by atoms with E-state index in [0.717, 1.165) is 0 Å². The summed E-state index contributed by atoms with van der Waals surface area (Å²) in [4.78, 5) is 0. The Balaban J connectivity index is 3.24. The Morgan fingerprint density at radius 1 is 1.38 bits per heavy atom. The first-order chi connectivity index (χ1) is 6.07. The van der Waals surface area contributed by atoms with Gasteiger partial charge in [0, 0.05) is 0 Å². The lowest BCUT2D eigenvalue weighted by molar-refractivity contribution is 0.401. The quantitative estimate of drug-likeness (QED) is 0.727. The first-order valence-corrected chi connectivity index (χ1v) is 4.01. The summed E-state index contributed by atoms with van der Waals surface area (Å²) < 4.78 is 25.5. The Morgan fingerprint density at radius 3 is 2.54 bits per heavy atom.